The standard InChI is InChI=1S/C17H21NS/c1-14-13-16(18)10-11-17(14)19-12-6-5-9-15-7-3-2-4-8-15/h2-4,7-8,10-11,13H,5-6,9,12,18H2,1H3. The van der Waals surface area contributed by atoms with Gasteiger partial charge in [-0.15, -0.1) is 11.8 Å². The van der Waals surface area contributed by atoms with Gasteiger partial charge in [-0.25, -0.2) is 0 Å². The highest BCUT2D eigenvalue weighted by atomic mass is 32.2. The molecule has 0 atom stereocenters. The number of anilines is 1. The maximum Gasteiger partial charge on any atom is 0.0317 e. The predicted molar refractivity (Wildman–Crippen MR) is 85.7 cm³/mol. The molecule has 0 radical (unpaired) electrons. The van der Waals surface area contributed by atoms with Crippen molar-refractivity contribution in [1.82, 2.24) is 0 Å². The van der Waals surface area contributed by atoms with E-state index < -0.39 is 0 Å². The van der Waals surface area contributed by atoms with E-state index in [0.29, 0.717) is 0 Å². The van der Waals surface area contributed by atoms with Crippen LogP contribution in [0, 0.1) is 6.92 Å². The summed E-state index contributed by atoms with van der Waals surface area (Å²) in [5.74, 6) is 1.18. The van der Waals surface area contributed by atoms with Gasteiger partial charge in [-0.3, -0.25) is 0 Å². The Kier molecular flexibility index (Phi) is 5.34. The summed E-state index contributed by atoms with van der Waals surface area (Å²) in [7, 11) is 0. The Bertz CT molecular complexity index is 508. The molecular weight excluding hydrogens is 250 g/mol. The van der Waals surface area contributed by atoms with Crippen molar-refractivity contribution in [3.8, 4) is 0 Å². The summed E-state index contributed by atoms with van der Waals surface area (Å²) >= 11 is 1.94. The van der Waals surface area contributed by atoms with Gasteiger partial charge in [0.05, 0.1) is 0 Å². The van der Waals surface area contributed by atoms with Crippen LogP contribution in [-0.2, 0) is 6.42 Å². The van der Waals surface area contributed by atoms with Crippen molar-refractivity contribution >= 4 is 17.4 Å². The quantitative estimate of drug-likeness (QED) is 0.468. The van der Waals surface area contributed by atoms with E-state index in [4.69, 9.17) is 5.73 Å². The lowest BCUT2D eigenvalue weighted by Gasteiger charge is -2.06. The molecule has 0 saturated carbocycles. The molecule has 2 aromatic rings. The smallest absolute Gasteiger partial charge is 0.0317 e. The Morgan fingerprint density at radius 1 is 1.00 bits per heavy atom. The van der Waals surface area contributed by atoms with Crippen molar-refractivity contribution in [2.45, 2.75) is 31.1 Å². The second-order valence-corrected chi connectivity index (χ2v) is 5.95. The fourth-order valence-corrected chi connectivity index (χ4v) is 3.11. The van der Waals surface area contributed by atoms with Crippen molar-refractivity contribution in [2.75, 3.05) is 11.5 Å². The molecule has 2 heteroatoms. The molecule has 2 N–H and O–H groups in total. The summed E-state index contributed by atoms with van der Waals surface area (Å²) in [5.41, 5.74) is 9.34. The minimum atomic E-state index is 0.853. The first-order chi connectivity index (χ1) is 9.25. The van der Waals surface area contributed by atoms with Gasteiger partial charge in [0, 0.05) is 10.6 Å². The highest BCUT2D eigenvalue weighted by Crippen LogP contribution is 2.25. The Labute approximate surface area is 120 Å². The zero-order chi connectivity index (χ0) is 13.5. The number of aryl methyl sites for hydroxylation is 2. The number of rotatable bonds is 6. The number of nitrogen functional groups attached to an aromatic ring is 1. The van der Waals surface area contributed by atoms with E-state index in [2.05, 4.69) is 43.3 Å². The van der Waals surface area contributed by atoms with E-state index in [1.54, 1.807) is 0 Å². The Hall–Kier alpha value is -1.41. The molecule has 0 aromatic heterocycles. The molecule has 2 aromatic carbocycles. The molecule has 1 nitrogen and oxygen atoms in total. The van der Waals surface area contributed by atoms with Gasteiger partial charge in [0.15, 0.2) is 0 Å². The van der Waals surface area contributed by atoms with Gasteiger partial charge < -0.3 is 5.73 Å². The summed E-state index contributed by atoms with van der Waals surface area (Å²) in [6, 6.07) is 16.9. The van der Waals surface area contributed by atoms with Gasteiger partial charge in [0.25, 0.3) is 0 Å². The van der Waals surface area contributed by atoms with Gasteiger partial charge >= 0.3 is 0 Å². The number of hydrogen-bond acceptors (Lipinski definition) is 2. The van der Waals surface area contributed by atoms with Crippen LogP contribution in [0.4, 0.5) is 5.69 Å². The Morgan fingerprint density at radius 2 is 1.79 bits per heavy atom. The van der Waals surface area contributed by atoms with E-state index in [9.17, 15) is 0 Å². The summed E-state index contributed by atoms with van der Waals surface area (Å²) < 4.78 is 0. The molecule has 0 saturated heterocycles. The largest absolute Gasteiger partial charge is 0.399 e. The molecule has 0 aliphatic carbocycles. The number of nitrogens with two attached hydrogens (primary N) is 1. The second kappa shape index (κ2) is 7.25. The molecule has 0 aliphatic rings. The first kappa shape index (κ1) is 14.0. The minimum Gasteiger partial charge on any atom is -0.399 e. The zero-order valence-corrected chi connectivity index (χ0v) is 12.2. The van der Waals surface area contributed by atoms with Crippen LogP contribution in [0.25, 0.3) is 0 Å². The first-order valence-electron chi connectivity index (χ1n) is 6.78. The van der Waals surface area contributed by atoms with Gasteiger partial charge in [0.2, 0.25) is 0 Å². The number of hydrogen-bond donors (Lipinski definition) is 1. The van der Waals surface area contributed by atoms with Crippen LogP contribution >= 0.6 is 11.8 Å². The maximum atomic E-state index is 5.76. The summed E-state index contributed by atoms with van der Waals surface area (Å²) in [5, 5.41) is 0. The maximum absolute atomic E-state index is 5.76. The first-order valence-corrected chi connectivity index (χ1v) is 7.77. The van der Waals surface area contributed by atoms with E-state index in [0.717, 1.165) is 5.69 Å². The normalized spacial score (nSPS) is 10.6. The lowest BCUT2D eigenvalue weighted by Crippen LogP contribution is -1.89. The van der Waals surface area contributed by atoms with Crippen molar-refractivity contribution in [2.24, 2.45) is 0 Å². The summed E-state index contributed by atoms with van der Waals surface area (Å²) in [6.45, 7) is 2.13. The van der Waals surface area contributed by atoms with E-state index in [-0.39, 0.29) is 0 Å². The average Bonchev–Trinajstić information content (AvgIpc) is 2.42. The summed E-state index contributed by atoms with van der Waals surface area (Å²) in [6.07, 6.45) is 3.69. The predicted octanol–water partition coefficient (Wildman–Crippen LogP) is 4.69. The van der Waals surface area contributed by atoms with Gasteiger partial charge in [-0.1, -0.05) is 30.3 Å². The molecule has 19 heavy (non-hydrogen) atoms. The van der Waals surface area contributed by atoms with Crippen molar-refractivity contribution in [3.05, 3.63) is 59.7 Å². The third-order valence-corrected chi connectivity index (χ3v) is 4.42. The van der Waals surface area contributed by atoms with Crippen LogP contribution in [-0.4, -0.2) is 5.75 Å². The Balaban J connectivity index is 1.69. The molecule has 0 spiro atoms. The topological polar surface area (TPSA) is 26.0 Å². The van der Waals surface area contributed by atoms with Crippen LogP contribution in [0.15, 0.2) is 53.4 Å². The third-order valence-electron chi connectivity index (χ3n) is 3.16. The van der Waals surface area contributed by atoms with Crippen molar-refractivity contribution in [1.29, 1.82) is 0 Å². The summed E-state index contributed by atoms with van der Waals surface area (Å²) in [4.78, 5) is 1.36. The van der Waals surface area contributed by atoms with Gasteiger partial charge in [0.1, 0.15) is 0 Å². The SMILES string of the molecule is Cc1cc(N)ccc1SCCCCc1ccccc1. The van der Waals surface area contributed by atoms with Crippen molar-refractivity contribution < 1.29 is 0 Å². The molecular formula is C17H21NS. The van der Waals surface area contributed by atoms with Crippen LogP contribution in [0.2, 0.25) is 0 Å². The molecule has 0 fully saturated rings. The molecule has 0 heterocycles. The van der Waals surface area contributed by atoms with Gasteiger partial charge in [-0.05, 0) is 61.3 Å². The number of benzene rings is 2. The second-order valence-electron chi connectivity index (χ2n) is 4.82. The monoisotopic (exact) mass is 271 g/mol. The van der Waals surface area contributed by atoms with E-state index in [1.807, 2.05) is 23.9 Å². The average molecular weight is 271 g/mol. The molecule has 0 amide bonds. The number of unbranched alkanes of at least 4 members (excludes halogenated alkanes) is 1. The lowest BCUT2D eigenvalue weighted by molar-refractivity contribution is 0.802. The molecule has 0 unspecified atom stereocenters. The van der Waals surface area contributed by atoms with Crippen LogP contribution < -0.4 is 5.73 Å². The molecule has 0 aliphatic heterocycles. The van der Waals surface area contributed by atoms with Crippen molar-refractivity contribution in [3.63, 3.8) is 0 Å². The van der Waals surface area contributed by atoms with E-state index >= 15 is 0 Å². The molecule has 100 valence electrons. The molecule has 0 bridgehead atoms. The fraction of sp³-hybridized carbons (Fsp3) is 0.294. The highest BCUT2D eigenvalue weighted by molar-refractivity contribution is 7.99. The Morgan fingerprint density at radius 3 is 2.53 bits per heavy atom. The van der Waals surface area contributed by atoms with Crippen LogP contribution in [0.1, 0.15) is 24.0 Å². The number of thioether (sulfide) groups is 1. The van der Waals surface area contributed by atoms with Gasteiger partial charge in [-0.2, -0.15) is 0 Å². The fourth-order valence-electron chi connectivity index (χ4n) is 2.09. The van der Waals surface area contributed by atoms with Crippen LogP contribution in [0.3, 0.4) is 0 Å². The minimum absolute atomic E-state index is 0.853. The van der Waals surface area contributed by atoms with Crippen LogP contribution in [0.5, 0.6) is 0 Å². The molecule has 2 rings (SSSR count). The highest BCUT2D eigenvalue weighted by Gasteiger charge is 1.99. The zero-order valence-electron chi connectivity index (χ0n) is 11.4. The third kappa shape index (κ3) is 4.64. The lowest BCUT2D eigenvalue weighted by atomic mass is 10.1. The van der Waals surface area contributed by atoms with E-state index in [1.165, 1.54) is 41.0 Å².